The second-order valence-corrected chi connectivity index (χ2v) is 8.30. The van der Waals surface area contributed by atoms with Crippen LogP contribution in [0.25, 0.3) is 10.9 Å². The highest BCUT2D eigenvalue weighted by molar-refractivity contribution is 5.86. The molecular weight excluding hydrogens is 398 g/mol. The number of H-pyrrole nitrogens is 1. The van der Waals surface area contributed by atoms with Crippen molar-refractivity contribution >= 4 is 22.8 Å². The lowest BCUT2D eigenvalue weighted by Crippen LogP contribution is -2.39. The highest BCUT2D eigenvalue weighted by Gasteiger charge is 2.22. The standard InChI is InChI=1S/C26H33N5O/c1-3-19-10-6-11-23-20(16-30-25(19)23)13-15-29-26(27-2)28-14-7-12-24(32)31-17-21-8-4-5-9-22(21)18-31/h4-6,8-11,16,30H,3,7,12-15,17-18H2,1-2H3,(H2,27,28,29). The van der Waals surface area contributed by atoms with E-state index in [1.54, 1.807) is 7.05 Å². The third-order valence-electron chi connectivity index (χ3n) is 6.23. The lowest BCUT2D eigenvalue weighted by atomic mass is 10.1. The first-order valence-corrected chi connectivity index (χ1v) is 11.6. The average molecular weight is 432 g/mol. The fraction of sp³-hybridized carbons (Fsp3) is 0.385. The van der Waals surface area contributed by atoms with E-state index >= 15 is 0 Å². The van der Waals surface area contributed by atoms with Crippen LogP contribution in [0.15, 0.2) is 53.7 Å². The number of amides is 1. The number of guanidine groups is 1. The molecule has 0 saturated heterocycles. The Labute approximate surface area is 190 Å². The smallest absolute Gasteiger partial charge is 0.223 e. The summed E-state index contributed by atoms with van der Waals surface area (Å²) in [7, 11) is 1.78. The van der Waals surface area contributed by atoms with Gasteiger partial charge in [-0.1, -0.05) is 49.4 Å². The molecule has 3 aromatic rings. The monoisotopic (exact) mass is 431 g/mol. The zero-order valence-electron chi connectivity index (χ0n) is 19.1. The van der Waals surface area contributed by atoms with Gasteiger partial charge in [-0.2, -0.15) is 0 Å². The number of aliphatic imine (C=N–C) groups is 1. The molecule has 0 atom stereocenters. The molecule has 0 unspecified atom stereocenters. The number of rotatable bonds is 8. The summed E-state index contributed by atoms with van der Waals surface area (Å²) in [5, 5.41) is 8.02. The van der Waals surface area contributed by atoms with Crippen molar-refractivity contribution in [1.29, 1.82) is 0 Å². The number of nitrogens with one attached hydrogen (secondary N) is 3. The summed E-state index contributed by atoms with van der Waals surface area (Å²) < 4.78 is 0. The van der Waals surface area contributed by atoms with Gasteiger partial charge >= 0.3 is 0 Å². The molecular formula is C26H33N5O. The van der Waals surface area contributed by atoms with Gasteiger partial charge in [0.1, 0.15) is 0 Å². The van der Waals surface area contributed by atoms with Crippen LogP contribution < -0.4 is 10.6 Å². The van der Waals surface area contributed by atoms with Crippen molar-refractivity contribution in [2.75, 3.05) is 20.1 Å². The van der Waals surface area contributed by atoms with Crippen LogP contribution in [0, 0.1) is 0 Å². The minimum atomic E-state index is 0.219. The summed E-state index contributed by atoms with van der Waals surface area (Å²) >= 11 is 0. The molecule has 168 valence electrons. The number of aromatic amines is 1. The minimum absolute atomic E-state index is 0.219. The molecule has 2 aromatic carbocycles. The van der Waals surface area contributed by atoms with Gasteiger partial charge in [-0.25, -0.2) is 0 Å². The third kappa shape index (κ3) is 4.96. The Morgan fingerprint density at radius 3 is 2.50 bits per heavy atom. The van der Waals surface area contributed by atoms with Gasteiger partial charge in [0.2, 0.25) is 5.91 Å². The highest BCUT2D eigenvalue weighted by atomic mass is 16.2. The molecule has 0 radical (unpaired) electrons. The van der Waals surface area contributed by atoms with E-state index in [9.17, 15) is 4.79 Å². The van der Waals surface area contributed by atoms with Crippen LogP contribution in [0.3, 0.4) is 0 Å². The van der Waals surface area contributed by atoms with Crippen LogP contribution in [0.4, 0.5) is 0 Å². The zero-order valence-corrected chi connectivity index (χ0v) is 19.1. The second kappa shape index (κ2) is 10.4. The summed E-state index contributed by atoms with van der Waals surface area (Å²) in [5.41, 5.74) is 6.45. The quantitative estimate of drug-likeness (QED) is 0.289. The Hall–Kier alpha value is -3.28. The van der Waals surface area contributed by atoms with Gasteiger partial charge in [0.25, 0.3) is 0 Å². The number of aryl methyl sites for hydroxylation is 1. The number of nitrogens with zero attached hydrogens (tertiary/aromatic N) is 2. The molecule has 3 N–H and O–H groups in total. The predicted molar refractivity (Wildman–Crippen MR) is 131 cm³/mol. The van der Waals surface area contributed by atoms with E-state index in [-0.39, 0.29) is 5.91 Å². The maximum atomic E-state index is 12.5. The molecule has 1 aromatic heterocycles. The van der Waals surface area contributed by atoms with Crippen molar-refractivity contribution in [3.8, 4) is 0 Å². The van der Waals surface area contributed by atoms with E-state index in [1.165, 1.54) is 33.2 Å². The number of para-hydroxylation sites is 1. The largest absolute Gasteiger partial charge is 0.361 e. The van der Waals surface area contributed by atoms with Crippen LogP contribution in [-0.4, -0.2) is 41.9 Å². The molecule has 1 aliphatic rings. The first kappa shape index (κ1) is 21.9. The molecule has 0 spiro atoms. The van der Waals surface area contributed by atoms with Gasteiger partial charge in [0.05, 0.1) is 0 Å². The van der Waals surface area contributed by atoms with Crippen molar-refractivity contribution in [1.82, 2.24) is 20.5 Å². The maximum absolute atomic E-state index is 12.5. The third-order valence-corrected chi connectivity index (χ3v) is 6.23. The lowest BCUT2D eigenvalue weighted by molar-refractivity contribution is -0.131. The van der Waals surface area contributed by atoms with Crippen molar-refractivity contribution in [3.05, 3.63) is 70.9 Å². The highest BCUT2D eigenvalue weighted by Crippen LogP contribution is 2.23. The van der Waals surface area contributed by atoms with E-state index in [0.29, 0.717) is 6.42 Å². The molecule has 1 amide bonds. The van der Waals surface area contributed by atoms with Crippen LogP contribution in [0.5, 0.6) is 0 Å². The van der Waals surface area contributed by atoms with Crippen molar-refractivity contribution in [2.24, 2.45) is 4.99 Å². The van der Waals surface area contributed by atoms with E-state index in [1.807, 2.05) is 17.0 Å². The molecule has 4 rings (SSSR count). The normalized spacial score (nSPS) is 13.4. The first-order chi connectivity index (χ1) is 15.7. The molecule has 0 fully saturated rings. The van der Waals surface area contributed by atoms with Gasteiger partial charge in [0, 0.05) is 56.7 Å². The molecule has 0 bridgehead atoms. The van der Waals surface area contributed by atoms with Gasteiger partial charge < -0.3 is 20.5 Å². The summed E-state index contributed by atoms with van der Waals surface area (Å²) in [6, 6.07) is 14.8. The number of aromatic nitrogens is 1. The van der Waals surface area contributed by atoms with E-state index in [0.717, 1.165) is 51.4 Å². The molecule has 0 aliphatic carbocycles. The van der Waals surface area contributed by atoms with Crippen LogP contribution in [-0.2, 0) is 30.7 Å². The summed E-state index contributed by atoms with van der Waals surface area (Å²) in [4.78, 5) is 22.2. The van der Waals surface area contributed by atoms with Gasteiger partial charge in [-0.15, -0.1) is 0 Å². The number of hydrogen-bond acceptors (Lipinski definition) is 2. The molecule has 6 nitrogen and oxygen atoms in total. The van der Waals surface area contributed by atoms with Crippen molar-refractivity contribution in [3.63, 3.8) is 0 Å². The number of carbonyl (C=O) groups excluding carboxylic acids is 1. The van der Waals surface area contributed by atoms with Crippen molar-refractivity contribution < 1.29 is 4.79 Å². The summed E-state index contributed by atoms with van der Waals surface area (Å²) in [6.45, 7) is 5.18. The van der Waals surface area contributed by atoms with E-state index in [4.69, 9.17) is 0 Å². The number of benzene rings is 2. The van der Waals surface area contributed by atoms with Crippen LogP contribution >= 0.6 is 0 Å². The second-order valence-electron chi connectivity index (χ2n) is 8.30. The first-order valence-electron chi connectivity index (χ1n) is 11.6. The molecule has 32 heavy (non-hydrogen) atoms. The Morgan fingerprint density at radius 1 is 1.03 bits per heavy atom. The Bertz CT molecular complexity index is 1080. The minimum Gasteiger partial charge on any atom is -0.361 e. The van der Waals surface area contributed by atoms with Gasteiger partial charge in [-0.3, -0.25) is 9.79 Å². The Kier molecular flexibility index (Phi) is 7.10. The molecule has 2 heterocycles. The van der Waals surface area contributed by atoms with Gasteiger partial charge in [-0.05, 0) is 41.5 Å². The maximum Gasteiger partial charge on any atom is 0.223 e. The number of fused-ring (bicyclic) bond motifs is 2. The fourth-order valence-electron chi connectivity index (χ4n) is 4.43. The topological polar surface area (TPSA) is 72.5 Å². The van der Waals surface area contributed by atoms with E-state index in [2.05, 4.69) is 64.1 Å². The zero-order chi connectivity index (χ0) is 22.3. The van der Waals surface area contributed by atoms with Crippen LogP contribution in [0.2, 0.25) is 0 Å². The average Bonchev–Trinajstić information content (AvgIpc) is 3.44. The van der Waals surface area contributed by atoms with Crippen molar-refractivity contribution in [2.45, 2.75) is 45.7 Å². The SMILES string of the molecule is CCc1cccc2c(CCNC(=NC)NCCCC(=O)N3Cc4ccccc4C3)c[nH]c12. The number of carbonyl (C=O) groups is 1. The molecule has 1 aliphatic heterocycles. The fourth-order valence-corrected chi connectivity index (χ4v) is 4.43. The predicted octanol–water partition coefficient (Wildman–Crippen LogP) is 3.76. The lowest BCUT2D eigenvalue weighted by Gasteiger charge is -2.16. The molecule has 0 saturated carbocycles. The summed E-state index contributed by atoms with van der Waals surface area (Å²) in [5.74, 6) is 0.997. The van der Waals surface area contributed by atoms with Crippen LogP contribution in [0.1, 0.15) is 42.0 Å². The Morgan fingerprint density at radius 2 is 1.78 bits per heavy atom. The molecule has 6 heteroatoms. The summed E-state index contributed by atoms with van der Waals surface area (Å²) in [6.07, 6.45) is 5.40. The number of hydrogen-bond donors (Lipinski definition) is 3. The van der Waals surface area contributed by atoms with Gasteiger partial charge in [0.15, 0.2) is 5.96 Å². The Balaban J connectivity index is 1.17. The van der Waals surface area contributed by atoms with E-state index < -0.39 is 0 Å².